The van der Waals surface area contributed by atoms with E-state index in [4.69, 9.17) is 4.74 Å². The molecular weight excluding hydrogens is 470 g/mol. The highest BCUT2D eigenvalue weighted by Gasteiger charge is 2.38. The first-order chi connectivity index (χ1) is 16.3. The first-order valence-corrected chi connectivity index (χ1v) is 12.2. The van der Waals surface area contributed by atoms with Crippen LogP contribution in [0.1, 0.15) is 42.6 Å². The fourth-order valence-corrected chi connectivity index (χ4v) is 4.29. The Bertz CT molecular complexity index is 1110. The number of hydrogen-bond donors (Lipinski definition) is 0. The number of anilines is 1. The first kappa shape index (κ1) is 24.3. The smallest absolute Gasteiger partial charge is 0.435 e. The number of halogens is 4. The van der Waals surface area contributed by atoms with Crippen LogP contribution in [0.3, 0.4) is 0 Å². The van der Waals surface area contributed by atoms with Gasteiger partial charge < -0.3 is 9.64 Å². The van der Waals surface area contributed by atoms with E-state index in [-0.39, 0.29) is 17.4 Å². The highest BCUT2D eigenvalue weighted by Crippen LogP contribution is 2.34. The van der Waals surface area contributed by atoms with Gasteiger partial charge >= 0.3 is 6.18 Å². The second-order valence-corrected chi connectivity index (χ2v) is 8.91. The molecule has 0 amide bonds. The molecule has 6 nitrogen and oxygen atoms in total. The molecule has 0 saturated carbocycles. The molecule has 0 aliphatic carbocycles. The quantitative estimate of drug-likeness (QED) is 0.317. The van der Waals surface area contributed by atoms with Crippen molar-refractivity contribution in [2.75, 3.05) is 24.2 Å². The molecule has 0 spiro atoms. The molecule has 0 bridgehead atoms. The summed E-state index contributed by atoms with van der Waals surface area (Å²) >= 11 is 1.36. The Kier molecular flexibility index (Phi) is 7.30. The number of aryl methyl sites for hydroxylation is 1. The average Bonchev–Trinajstić information content (AvgIpc) is 3.28. The minimum atomic E-state index is -4.64. The molecule has 0 radical (unpaired) electrons. The minimum absolute atomic E-state index is 0.0962. The van der Waals surface area contributed by atoms with Crippen LogP contribution in [-0.2, 0) is 19.2 Å². The topological polar surface area (TPSA) is 56.1 Å². The number of nitrogens with zero attached hydrogens (tertiary/aromatic N) is 5. The van der Waals surface area contributed by atoms with Crippen LogP contribution in [0.5, 0.6) is 5.75 Å². The number of thioether (sulfide) groups is 1. The molecule has 0 unspecified atom stereocenters. The van der Waals surface area contributed by atoms with Gasteiger partial charge in [-0.1, -0.05) is 6.92 Å². The van der Waals surface area contributed by atoms with Crippen LogP contribution in [0.15, 0.2) is 41.7 Å². The summed E-state index contributed by atoms with van der Waals surface area (Å²) in [5.41, 5.74) is -0.0824. The Labute approximate surface area is 199 Å². The van der Waals surface area contributed by atoms with Crippen LogP contribution in [0, 0.1) is 5.82 Å². The van der Waals surface area contributed by atoms with Gasteiger partial charge in [0.2, 0.25) is 5.95 Å². The van der Waals surface area contributed by atoms with Gasteiger partial charge in [0.05, 0.1) is 6.04 Å². The van der Waals surface area contributed by atoms with Crippen molar-refractivity contribution < 1.29 is 22.3 Å². The van der Waals surface area contributed by atoms with E-state index in [1.807, 2.05) is 11.8 Å². The number of aromatic nitrogens is 4. The molecule has 3 heterocycles. The lowest BCUT2D eigenvalue weighted by molar-refractivity contribution is -0.142. The van der Waals surface area contributed by atoms with Crippen molar-refractivity contribution in [2.24, 2.45) is 0 Å². The largest absolute Gasteiger partial charge is 0.486 e. The first-order valence-electron chi connectivity index (χ1n) is 11.0. The van der Waals surface area contributed by atoms with Crippen LogP contribution in [-0.4, -0.2) is 39.1 Å². The Morgan fingerprint density at radius 1 is 1.15 bits per heavy atom. The lowest BCUT2D eigenvalue weighted by Gasteiger charge is -2.32. The van der Waals surface area contributed by atoms with E-state index in [0.29, 0.717) is 36.8 Å². The predicted octanol–water partition coefficient (Wildman–Crippen LogP) is 5.54. The lowest BCUT2D eigenvalue weighted by Crippen LogP contribution is -2.36. The molecule has 1 aromatic carbocycles. The van der Waals surface area contributed by atoms with Crippen LogP contribution >= 0.6 is 11.8 Å². The molecule has 11 heteroatoms. The Balaban J connectivity index is 1.45. The van der Waals surface area contributed by atoms with E-state index in [9.17, 15) is 17.6 Å². The van der Waals surface area contributed by atoms with Gasteiger partial charge in [-0.25, -0.2) is 14.4 Å². The van der Waals surface area contributed by atoms with Crippen molar-refractivity contribution in [3.8, 4) is 5.75 Å². The van der Waals surface area contributed by atoms with Crippen molar-refractivity contribution >= 4 is 17.7 Å². The van der Waals surface area contributed by atoms with Crippen LogP contribution in [0.25, 0.3) is 0 Å². The maximum atomic E-state index is 14.2. The standard InChI is InChI=1S/C23H25F4N5OS/c1-3-15-11-28-22(29-12-15)31-8-6-17(7-9-31)32-13-16(21(30-32)23(25,26)27)14-33-20-5-4-18(34-2)10-19(20)24/h4-5,10-13,17H,3,6-9,14H2,1-2H3. The van der Waals surface area contributed by atoms with Crippen LogP contribution < -0.4 is 9.64 Å². The number of alkyl halides is 3. The maximum Gasteiger partial charge on any atom is 0.435 e. The van der Waals surface area contributed by atoms with E-state index in [0.717, 1.165) is 12.0 Å². The van der Waals surface area contributed by atoms with Gasteiger partial charge in [-0.15, -0.1) is 11.8 Å². The minimum Gasteiger partial charge on any atom is -0.486 e. The average molecular weight is 496 g/mol. The molecule has 0 atom stereocenters. The van der Waals surface area contributed by atoms with Gasteiger partial charge in [0.1, 0.15) is 6.61 Å². The van der Waals surface area contributed by atoms with E-state index in [1.54, 1.807) is 24.7 Å². The molecule has 0 N–H and O–H groups in total. The molecule has 4 rings (SSSR count). The van der Waals surface area contributed by atoms with Crippen LogP contribution in [0.4, 0.5) is 23.5 Å². The van der Waals surface area contributed by atoms with E-state index in [2.05, 4.69) is 15.1 Å². The zero-order chi connectivity index (χ0) is 24.3. The summed E-state index contributed by atoms with van der Waals surface area (Å²) in [6.07, 6.45) is 4.17. The monoisotopic (exact) mass is 495 g/mol. The highest BCUT2D eigenvalue weighted by atomic mass is 32.2. The van der Waals surface area contributed by atoms with Crippen LogP contribution in [0.2, 0.25) is 0 Å². The summed E-state index contributed by atoms with van der Waals surface area (Å²) in [5.74, 6) is -0.0915. The summed E-state index contributed by atoms with van der Waals surface area (Å²) in [7, 11) is 0. The summed E-state index contributed by atoms with van der Waals surface area (Å²) in [6.45, 7) is 2.81. The van der Waals surface area contributed by atoms with Gasteiger partial charge in [0.25, 0.3) is 0 Å². The van der Waals surface area contributed by atoms with Crippen molar-refractivity contribution in [2.45, 2.75) is 49.9 Å². The summed E-state index contributed by atoms with van der Waals surface area (Å²) in [6, 6.07) is 4.17. The Morgan fingerprint density at radius 2 is 1.85 bits per heavy atom. The van der Waals surface area contributed by atoms with Gasteiger partial charge in [-0.3, -0.25) is 4.68 Å². The van der Waals surface area contributed by atoms with Crippen molar-refractivity contribution in [3.63, 3.8) is 0 Å². The molecule has 1 aliphatic rings. The molecule has 3 aromatic rings. The Hall–Kier alpha value is -2.82. The van der Waals surface area contributed by atoms with Crippen molar-refractivity contribution in [1.29, 1.82) is 0 Å². The molecule has 1 fully saturated rings. The molecule has 2 aromatic heterocycles. The van der Waals surface area contributed by atoms with E-state index < -0.39 is 24.3 Å². The third-order valence-electron chi connectivity index (χ3n) is 5.82. The number of rotatable bonds is 7. The third kappa shape index (κ3) is 5.45. The van der Waals surface area contributed by atoms with Crippen molar-refractivity contribution in [3.05, 3.63) is 59.4 Å². The number of piperidine rings is 1. The maximum absolute atomic E-state index is 14.2. The zero-order valence-electron chi connectivity index (χ0n) is 18.8. The fourth-order valence-electron chi connectivity index (χ4n) is 3.87. The second-order valence-electron chi connectivity index (χ2n) is 8.03. The summed E-state index contributed by atoms with van der Waals surface area (Å²) in [5, 5.41) is 3.85. The molecule has 182 valence electrons. The number of benzene rings is 1. The molecule has 34 heavy (non-hydrogen) atoms. The van der Waals surface area contributed by atoms with Gasteiger partial charge in [-0.2, -0.15) is 18.3 Å². The van der Waals surface area contributed by atoms with Gasteiger partial charge in [0, 0.05) is 42.1 Å². The van der Waals surface area contributed by atoms with Crippen molar-refractivity contribution in [1.82, 2.24) is 19.7 Å². The number of ether oxygens (including phenoxy) is 1. The lowest BCUT2D eigenvalue weighted by atomic mass is 10.1. The summed E-state index contributed by atoms with van der Waals surface area (Å²) < 4.78 is 61.9. The molecule has 1 saturated heterocycles. The third-order valence-corrected chi connectivity index (χ3v) is 6.55. The Morgan fingerprint density at radius 3 is 2.44 bits per heavy atom. The van der Waals surface area contributed by atoms with E-state index >= 15 is 0 Å². The summed E-state index contributed by atoms with van der Waals surface area (Å²) in [4.78, 5) is 11.5. The normalized spacial score (nSPS) is 15.1. The predicted molar refractivity (Wildman–Crippen MR) is 122 cm³/mol. The zero-order valence-corrected chi connectivity index (χ0v) is 19.7. The molecular formula is C23H25F4N5OS. The fraction of sp³-hybridized carbons (Fsp3) is 0.435. The SMILES string of the molecule is CCc1cnc(N2CCC(n3cc(COc4ccc(SC)cc4F)c(C(F)(F)F)n3)CC2)nc1. The van der Waals surface area contributed by atoms with Gasteiger partial charge in [-0.05, 0) is 49.3 Å². The highest BCUT2D eigenvalue weighted by molar-refractivity contribution is 7.98. The van der Waals surface area contributed by atoms with Gasteiger partial charge in [0.15, 0.2) is 17.3 Å². The second kappa shape index (κ2) is 10.2. The number of hydrogen-bond acceptors (Lipinski definition) is 6. The van der Waals surface area contributed by atoms with E-state index in [1.165, 1.54) is 34.8 Å². The molecule has 1 aliphatic heterocycles.